The summed E-state index contributed by atoms with van der Waals surface area (Å²) in [4.78, 5) is 23.0. The van der Waals surface area contributed by atoms with Crippen LogP contribution in [0.3, 0.4) is 0 Å². The molecule has 0 fully saturated rings. The summed E-state index contributed by atoms with van der Waals surface area (Å²) in [6.45, 7) is 6.30. The first-order valence-corrected chi connectivity index (χ1v) is 11.8. The molecule has 0 unspecified atom stereocenters. The topological polar surface area (TPSA) is 52.1 Å². The summed E-state index contributed by atoms with van der Waals surface area (Å²) in [5.41, 5.74) is 5.88. The minimum Gasteiger partial charge on any atom is -0.496 e. The standard InChI is InChI=1S/C28H25BrN2O2/c1-16-9-10-30-21(11-16)22-13-20(27-23(31-22)14-28(2,3)15-24(27)32)26-19-7-6-18(29)12-17(19)5-8-25(26)33-4/h5-13H,14-15H2,1-4H3. The van der Waals surface area contributed by atoms with E-state index < -0.39 is 0 Å². The minimum atomic E-state index is -0.138. The number of rotatable bonds is 3. The van der Waals surface area contributed by atoms with Crippen molar-refractivity contribution in [3.8, 4) is 28.3 Å². The molecule has 0 N–H and O–H groups in total. The second kappa shape index (κ2) is 8.07. The first kappa shape index (κ1) is 21.8. The van der Waals surface area contributed by atoms with Crippen molar-refractivity contribution < 1.29 is 9.53 Å². The number of Topliss-reactive ketones (excluding diaryl/α,β-unsaturated/α-hetero) is 1. The molecule has 166 valence electrons. The first-order valence-electron chi connectivity index (χ1n) is 11.0. The third kappa shape index (κ3) is 3.95. The van der Waals surface area contributed by atoms with Gasteiger partial charge in [0.15, 0.2) is 5.78 Å². The molecule has 5 rings (SSSR count). The van der Waals surface area contributed by atoms with Crippen LogP contribution in [0.15, 0.2) is 59.2 Å². The SMILES string of the molecule is COc1ccc2cc(Br)ccc2c1-c1cc(-c2cc(C)ccn2)nc2c1C(=O)CC(C)(C)C2. The lowest BCUT2D eigenvalue weighted by Gasteiger charge is -2.31. The lowest BCUT2D eigenvalue weighted by molar-refractivity contribution is 0.0911. The van der Waals surface area contributed by atoms with Crippen LogP contribution in [0.25, 0.3) is 33.3 Å². The number of hydrogen-bond donors (Lipinski definition) is 0. The average Bonchev–Trinajstić information content (AvgIpc) is 2.76. The number of benzene rings is 2. The first-order chi connectivity index (χ1) is 15.8. The average molecular weight is 501 g/mol. The molecule has 4 nitrogen and oxygen atoms in total. The highest BCUT2D eigenvalue weighted by molar-refractivity contribution is 9.10. The maximum Gasteiger partial charge on any atom is 0.165 e. The molecule has 0 amide bonds. The van der Waals surface area contributed by atoms with E-state index in [0.29, 0.717) is 12.0 Å². The maximum absolute atomic E-state index is 13.5. The van der Waals surface area contributed by atoms with Crippen LogP contribution in [-0.4, -0.2) is 22.9 Å². The summed E-state index contributed by atoms with van der Waals surface area (Å²) in [5.74, 6) is 0.864. The monoisotopic (exact) mass is 500 g/mol. The van der Waals surface area contributed by atoms with E-state index in [1.807, 2.05) is 43.3 Å². The van der Waals surface area contributed by atoms with Crippen LogP contribution in [-0.2, 0) is 6.42 Å². The molecular formula is C28H25BrN2O2. The molecule has 0 spiro atoms. The van der Waals surface area contributed by atoms with Gasteiger partial charge in [0.1, 0.15) is 5.75 Å². The Morgan fingerprint density at radius 3 is 2.55 bits per heavy atom. The number of pyridine rings is 2. The molecule has 0 saturated carbocycles. The van der Waals surface area contributed by atoms with Gasteiger partial charge in [-0.25, -0.2) is 0 Å². The fraction of sp³-hybridized carbons (Fsp3) is 0.250. The summed E-state index contributed by atoms with van der Waals surface area (Å²) in [7, 11) is 1.67. The van der Waals surface area contributed by atoms with Crippen molar-refractivity contribution in [3.63, 3.8) is 0 Å². The van der Waals surface area contributed by atoms with Gasteiger partial charge in [-0.1, -0.05) is 41.9 Å². The Bertz CT molecular complexity index is 1430. The lowest BCUT2D eigenvalue weighted by Crippen LogP contribution is -2.28. The molecule has 0 aliphatic heterocycles. The molecular weight excluding hydrogens is 476 g/mol. The van der Waals surface area contributed by atoms with E-state index in [1.54, 1.807) is 13.3 Å². The summed E-state index contributed by atoms with van der Waals surface area (Å²) in [6.07, 6.45) is 3.03. The Labute approximate surface area is 202 Å². The van der Waals surface area contributed by atoms with Crippen molar-refractivity contribution in [2.24, 2.45) is 5.41 Å². The number of carbonyl (C=O) groups excluding carboxylic acids is 1. The quantitative estimate of drug-likeness (QED) is 0.298. The number of nitrogens with zero attached hydrogens (tertiary/aromatic N) is 2. The zero-order chi connectivity index (χ0) is 23.3. The zero-order valence-electron chi connectivity index (χ0n) is 19.2. The molecule has 1 aliphatic carbocycles. The van der Waals surface area contributed by atoms with Gasteiger partial charge in [-0.3, -0.25) is 14.8 Å². The Kier molecular flexibility index (Phi) is 5.32. The highest BCUT2D eigenvalue weighted by Crippen LogP contribution is 2.45. The van der Waals surface area contributed by atoms with E-state index in [1.165, 1.54) is 0 Å². The molecule has 1 aliphatic rings. The van der Waals surface area contributed by atoms with E-state index in [9.17, 15) is 4.79 Å². The van der Waals surface area contributed by atoms with Crippen molar-refractivity contribution in [2.45, 2.75) is 33.6 Å². The summed E-state index contributed by atoms with van der Waals surface area (Å²) >= 11 is 3.58. The van der Waals surface area contributed by atoms with Crippen LogP contribution < -0.4 is 4.74 Å². The number of carbonyl (C=O) groups is 1. The van der Waals surface area contributed by atoms with Gasteiger partial charge in [-0.05, 0) is 71.5 Å². The predicted octanol–water partition coefficient (Wildman–Crippen LogP) is 7.20. The molecule has 2 aromatic carbocycles. The van der Waals surface area contributed by atoms with Crippen LogP contribution in [0, 0.1) is 12.3 Å². The summed E-state index contributed by atoms with van der Waals surface area (Å²) in [5, 5.41) is 2.11. The van der Waals surface area contributed by atoms with Gasteiger partial charge in [0.25, 0.3) is 0 Å². The number of aromatic nitrogens is 2. The van der Waals surface area contributed by atoms with Crippen molar-refractivity contribution in [1.82, 2.24) is 9.97 Å². The highest BCUT2D eigenvalue weighted by Gasteiger charge is 2.35. The van der Waals surface area contributed by atoms with Gasteiger partial charge in [0.05, 0.1) is 24.2 Å². The maximum atomic E-state index is 13.5. The molecule has 0 saturated heterocycles. The van der Waals surface area contributed by atoms with Gasteiger partial charge < -0.3 is 4.74 Å². The van der Waals surface area contributed by atoms with Gasteiger partial charge >= 0.3 is 0 Å². The normalized spacial score (nSPS) is 14.9. The lowest BCUT2D eigenvalue weighted by atomic mass is 9.73. The van der Waals surface area contributed by atoms with Crippen molar-refractivity contribution in [2.75, 3.05) is 7.11 Å². The number of ketones is 1. The van der Waals surface area contributed by atoms with Gasteiger partial charge in [-0.2, -0.15) is 0 Å². The number of aryl methyl sites for hydroxylation is 1. The number of fused-ring (bicyclic) bond motifs is 2. The van der Waals surface area contributed by atoms with E-state index in [2.05, 4.69) is 46.9 Å². The summed E-state index contributed by atoms with van der Waals surface area (Å²) in [6, 6.07) is 16.2. The number of ether oxygens (including phenoxy) is 1. The molecule has 33 heavy (non-hydrogen) atoms. The van der Waals surface area contributed by atoms with E-state index in [-0.39, 0.29) is 11.2 Å². The number of hydrogen-bond acceptors (Lipinski definition) is 4. The fourth-order valence-electron chi connectivity index (χ4n) is 4.81. The van der Waals surface area contributed by atoms with Gasteiger partial charge in [0.2, 0.25) is 0 Å². The third-order valence-corrected chi connectivity index (χ3v) is 6.76. The van der Waals surface area contributed by atoms with E-state index >= 15 is 0 Å². The smallest absolute Gasteiger partial charge is 0.165 e. The largest absolute Gasteiger partial charge is 0.496 e. The van der Waals surface area contributed by atoms with Crippen LogP contribution in [0.5, 0.6) is 5.75 Å². The third-order valence-electron chi connectivity index (χ3n) is 6.27. The second-order valence-electron chi connectivity index (χ2n) is 9.54. The van der Waals surface area contributed by atoms with Crippen LogP contribution >= 0.6 is 15.9 Å². The van der Waals surface area contributed by atoms with Crippen LogP contribution in [0.4, 0.5) is 0 Å². The van der Waals surface area contributed by atoms with Crippen molar-refractivity contribution in [1.29, 1.82) is 0 Å². The van der Waals surface area contributed by atoms with Crippen LogP contribution in [0.1, 0.15) is 41.9 Å². The Morgan fingerprint density at radius 1 is 0.970 bits per heavy atom. The van der Waals surface area contributed by atoms with Crippen LogP contribution in [0.2, 0.25) is 0 Å². The zero-order valence-corrected chi connectivity index (χ0v) is 20.8. The Balaban J connectivity index is 1.88. The summed E-state index contributed by atoms with van der Waals surface area (Å²) < 4.78 is 6.82. The van der Waals surface area contributed by atoms with Gasteiger partial charge in [-0.15, -0.1) is 0 Å². The number of halogens is 1. The predicted molar refractivity (Wildman–Crippen MR) is 136 cm³/mol. The van der Waals surface area contributed by atoms with Gasteiger partial charge in [0, 0.05) is 33.8 Å². The number of methoxy groups -OCH3 is 1. The minimum absolute atomic E-state index is 0.128. The fourth-order valence-corrected chi connectivity index (χ4v) is 5.19. The molecule has 0 atom stereocenters. The Hall–Kier alpha value is -3.05. The molecule has 4 aromatic rings. The van der Waals surface area contributed by atoms with E-state index in [4.69, 9.17) is 9.72 Å². The van der Waals surface area contributed by atoms with Crippen molar-refractivity contribution in [3.05, 3.63) is 76.0 Å². The van der Waals surface area contributed by atoms with E-state index in [0.717, 1.165) is 61.2 Å². The molecule has 5 heteroatoms. The highest BCUT2D eigenvalue weighted by atomic mass is 79.9. The Morgan fingerprint density at radius 2 is 1.79 bits per heavy atom. The second-order valence-corrected chi connectivity index (χ2v) is 10.5. The van der Waals surface area contributed by atoms with Crippen molar-refractivity contribution >= 4 is 32.5 Å². The molecule has 2 heterocycles. The molecule has 2 aromatic heterocycles. The molecule has 0 bridgehead atoms. The molecule has 0 radical (unpaired) electrons.